The number of nitrogen functional groups attached to an aromatic ring is 1. The van der Waals surface area contributed by atoms with E-state index in [2.05, 4.69) is 4.74 Å². The van der Waals surface area contributed by atoms with Crippen LogP contribution in [0.15, 0.2) is 23.1 Å². The topological polar surface area (TPSA) is 61.5 Å². The van der Waals surface area contributed by atoms with E-state index >= 15 is 0 Å². The standard InChI is InChI=1S/C10H12F3NO3S/c1-16-7-2-3-8(14)9(4-7)18(15)6-17-5-10(11,12)13/h2-4H,5-6,14H2,1H3. The summed E-state index contributed by atoms with van der Waals surface area (Å²) in [7, 11) is -0.354. The van der Waals surface area contributed by atoms with Crippen molar-refractivity contribution >= 4 is 16.5 Å². The highest BCUT2D eigenvalue weighted by Crippen LogP contribution is 2.23. The maximum atomic E-state index is 11.8. The maximum absolute atomic E-state index is 11.8. The van der Waals surface area contributed by atoms with Gasteiger partial charge in [-0.1, -0.05) is 0 Å². The van der Waals surface area contributed by atoms with Gasteiger partial charge in [-0.2, -0.15) is 13.2 Å². The average Bonchev–Trinajstić information content (AvgIpc) is 2.27. The summed E-state index contributed by atoms with van der Waals surface area (Å²) < 4.78 is 56.4. The van der Waals surface area contributed by atoms with Crippen molar-refractivity contribution in [2.75, 3.05) is 25.4 Å². The smallest absolute Gasteiger partial charge is 0.411 e. The molecule has 0 radical (unpaired) electrons. The second-order valence-electron chi connectivity index (χ2n) is 3.33. The Balaban J connectivity index is 2.66. The van der Waals surface area contributed by atoms with Gasteiger partial charge in [0.15, 0.2) is 0 Å². The quantitative estimate of drug-likeness (QED) is 0.839. The van der Waals surface area contributed by atoms with Crippen molar-refractivity contribution in [2.24, 2.45) is 0 Å². The molecule has 0 saturated carbocycles. The van der Waals surface area contributed by atoms with Crippen molar-refractivity contribution in [3.05, 3.63) is 18.2 Å². The number of halogens is 3. The number of hydrogen-bond acceptors (Lipinski definition) is 4. The van der Waals surface area contributed by atoms with Crippen LogP contribution in [0.5, 0.6) is 5.75 Å². The highest BCUT2D eigenvalue weighted by atomic mass is 32.2. The molecule has 1 unspecified atom stereocenters. The number of hydrogen-bond donors (Lipinski definition) is 1. The summed E-state index contributed by atoms with van der Waals surface area (Å²) >= 11 is 0. The summed E-state index contributed by atoms with van der Waals surface area (Å²) in [6.07, 6.45) is -4.44. The van der Waals surface area contributed by atoms with Crippen LogP contribution in [0.3, 0.4) is 0 Å². The molecule has 2 N–H and O–H groups in total. The number of anilines is 1. The summed E-state index contributed by atoms with van der Waals surface area (Å²) in [5.74, 6) is -0.153. The molecule has 1 atom stereocenters. The Labute approximate surface area is 104 Å². The summed E-state index contributed by atoms with van der Waals surface area (Å²) in [5.41, 5.74) is 5.79. The Morgan fingerprint density at radius 3 is 2.61 bits per heavy atom. The molecule has 1 rings (SSSR count). The first-order valence-electron chi connectivity index (χ1n) is 4.80. The molecule has 102 valence electrons. The molecule has 0 heterocycles. The van der Waals surface area contributed by atoms with E-state index in [4.69, 9.17) is 10.5 Å². The predicted molar refractivity (Wildman–Crippen MR) is 60.7 cm³/mol. The second-order valence-corrected chi connectivity index (χ2v) is 4.70. The number of rotatable bonds is 5. The van der Waals surface area contributed by atoms with Gasteiger partial charge in [0.1, 0.15) is 18.3 Å². The van der Waals surface area contributed by atoms with Gasteiger partial charge in [0.05, 0.1) is 22.8 Å². The molecule has 0 aliphatic heterocycles. The van der Waals surface area contributed by atoms with Gasteiger partial charge in [0.2, 0.25) is 0 Å². The molecule has 0 aliphatic rings. The van der Waals surface area contributed by atoms with E-state index in [1.165, 1.54) is 19.2 Å². The first kappa shape index (κ1) is 14.8. The zero-order chi connectivity index (χ0) is 13.8. The predicted octanol–water partition coefficient (Wildman–Crippen LogP) is 1.92. The monoisotopic (exact) mass is 283 g/mol. The summed E-state index contributed by atoms with van der Waals surface area (Å²) in [6, 6.07) is 4.44. The van der Waals surface area contributed by atoms with Gasteiger partial charge in [-0.25, -0.2) is 0 Å². The largest absolute Gasteiger partial charge is 0.497 e. The Bertz CT molecular complexity index is 437. The van der Waals surface area contributed by atoms with E-state index < -0.39 is 29.5 Å². The van der Waals surface area contributed by atoms with Crippen LogP contribution in [-0.4, -0.2) is 30.0 Å². The minimum absolute atomic E-state index is 0.191. The van der Waals surface area contributed by atoms with Crippen molar-refractivity contribution in [1.29, 1.82) is 0 Å². The molecule has 0 saturated heterocycles. The molecular weight excluding hydrogens is 271 g/mol. The number of alkyl halides is 3. The third-order valence-corrected chi connectivity index (χ3v) is 3.15. The number of methoxy groups -OCH3 is 1. The lowest BCUT2D eigenvalue weighted by Gasteiger charge is -2.10. The lowest BCUT2D eigenvalue weighted by atomic mass is 10.3. The number of benzene rings is 1. The molecule has 0 amide bonds. The van der Waals surface area contributed by atoms with Gasteiger partial charge >= 0.3 is 6.18 Å². The first-order valence-corrected chi connectivity index (χ1v) is 6.12. The number of ether oxygens (including phenoxy) is 2. The lowest BCUT2D eigenvalue weighted by molar-refractivity contribution is -0.169. The van der Waals surface area contributed by atoms with E-state index in [0.717, 1.165) is 0 Å². The molecule has 0 fully saturated rings. The average molecular weight is 283 g/mol. The van der Waals surface area contributed by atoms with Crippen LogP contribution in [0, 0.1) is 0 Å². The highest BCUT2D eigenvalue weighted by molar-refractivity contribution is 7.85. The van der Waals surface area contributed by atoms with E-state index in [-0.39, 0.29) is 10.6 Å². The van der Waals surface area contributed by atoms with E-state index in [1.807, 2.05) is 0 Å². The van der Waals surface area contributed by atoms with Gasteiger partial charge in [-0.15, -0.1) is 0 Å². The molecule has 0 bridgehead atoms. The molecule has 1 aromatic carbocycles. The Hall–Kier alpha value is -1.28. The van der Waals surface area contributed by atoms with Crippen LogP contribution in [0.4, 0.5) is 18.9 Å². The third kappa shape index (κ3) is 4.53. The van der Waals surface area contributed by atoms with Crippen molar-refractivity contribution in [3.63, 3.8) is 0 Å². The lowest BCUT2D eigenvalue weighted by Crippen LogP contribution is -2.19. The van der Waals surface area contributed by atoms with Crippen LogP contribution >= 0.6 is 0 Å². The number of nitrogens with two attached hydrogens (primary N) is 1. The molecule has 18 heavy (non-hydrogen) atoms. The molecule has 8 heteroatoms. The van der Waals surface area contributed by atoms with Crippen molar-refractivity contribution in [3.8, 4) is 5.75 Å². The van der Waals surface area contributed by atoms with E-state index in [1.54, 1.807) is 6.07 Å². The van der Waals surface area contributed by atoms with E-state index in [9.17, 15) is 17.4 Å². The fraction of sp³-hybridized carbons (Fsp3) is 0.400. The minimum atomic E-state index is -4.44. The normalized spacial score (nSPS) is 13.3. The summed E-state index contributed by atoms with van der Waals surface area (Å²) in [4.78, 5) is 0.191. The van der Waals surface area contributed by atoms with Gasteiger partial charge in [0.25, 0.3) is 0 Å². The van der Waals surface area contributed by atoms with Crippen LogP contribution in [0.25, 0.3) is 0 Å². The zero-order valence-electron chi connectivity index (χ0n) is 9.49. The van der Waals surface area contributed by atoms with Gasteiger partial charge in [-0.05, 0) is 18.2 Å². The van der Waals surface area contributed by atoms with Crippen molar-refractivity contribution in [2.45, 2.75) is 11.1 Å². The van der Waals surface area contributed by atoms with Crippen LogP contribution in [0.2, 0.25) is 0 Å². The summed E-state index contributed by atoms with van der Waals surface area (Å²) in [5, 5.41) is 0. The molecule has 0 aromatic heterocycles. The first-order chi connectivity index (χ1) is 8.33. The van der Waals surface area contributed by atoms with Gasteiger partial charge in [0, 0.05) is 5.69 Å². The third-order valence-electron chi connectivity index (χ3n) is 1.92. The van der Waals surface area contributed by atoms with Gasteiger partial charge in [-0.3, -0.25) is 4.21 Å². The molecule has 1 aromatic rings. The summed E-state index contributed by atoms with van der Waals surface area (Å²) in [6.45, 7) is -1.44. The molecule has 0 aliphatic carbocycles. The Morgan fingerprint density at radius 2 is 2.06 bits per heavy atom. The van der Waals surface area contributed by atoms with Crippen LogP contribution < -0.4 is 10.5 Å². The Morgan fingerprint density at radius 1 is 1.39 bits per heavy atom. The molecule has 0 spiro atoms. The van der Waals surface area contributed by atoms with Gasteiger partial charge < -0.3 is 15.2 Å². The van der Waals surface area contributed by atoms with Crippen LogP contribution in [-0.2, 0) is 15.5 Å². The van der Waals surface area contributed by atoms with E-state index in [0.29, 0.717) is 5.75 Å². The van der Waals surface area contributed by atoms with Crippen molar-refractivity contribution in [1.82, 2.24) is 0 Å². The maximum Gasteiger partial charge on any atom is 0.411 e. The Kier molecular flexibility index (Phi) is 4.97. The zero-order valence-corrected chi connectivity index (χ0v) is 10.3. The second kappa shape index (κ2) is 6.05. The van der Waals surface area contributed by atoms with Crippen LogP contribution in [0.1, 0.15) is 0 Å². The molecular formula is C10H12F3NO3S. The molecule has 4 nitrogen and oxygen atoms in total. The minimum Gasteiger partial charge on any atom is -0.497 e. The highest BCUT2D eigenvalue weighted by Gasteiger charge is 2.27. The SMILES string of the molecule is COc1ccc(N)c(S(=O)COCC(F)(F)F)c1. The fourth-order valence-corrected chi connectivity index (χ4v) is 2.08. The van der Waals surface area contributed by atoms with Crippen molar-refractivity contribution < 1.29 is 26.9 Å². The fourth-order valence-electron chi connectivity index (χ4n) is 1.14.